The van der Waals surface area contributed by atoms with Crippen LogP contribution in [0.2, 0.25) is 0 Å². The van der Waals surface area contributed by atoms with Crippen LogP contribution in [-0.2, 0) is 32.2 Å². The summed E-state index contributed by atoms with van der Waals surface area (Å²) in [5.41, 5.74) is 1.60. The molecule has 8 nitrogen and oxygen atoms in total. The largest absolute Gasteiger partial charge is 0.467 e. The highest BCUT2D eigenvalue weighted by Gasteiger charge is 2.42. The van der Waals surface area contributed by atoms with Crippen molar-refractivity contribution in [1.82, 2.24) is 10.0 Å². The highest BCUT2D eigenvalue weighted by atomic mass is 16.6. The highest BCUT2D eigenvalue weighted by molar-refractivity contribution is 5.83. The molecule has 1 atom stereocenters. The fourth-order valence-corrected chi connectivity index (χ4v) is 3.17. The van der Waals surface area contributed by atoms with E-state index >= 15 is 0 Å². The minimum absolute atomic E-state index is 0.0109. The van der Waals surface area contributed by atoms with Crippen LogP contribution < -0.4 is 0 Å². The standard InChI is InChI=1S/C22H24N2O6/c1-28-20(25)19-13-8-14-23(21(26)29-15-17-9-4-2-5-10-17)24(19)22(27)30-16-18-11-6-3-7-12-18/h2-7,9-12,19H,8,13-16H2,1H3. The van der Waals surface area contributed by atoms with Gasteiger partial charge in [-0.05, 0) is 24.0 Å². The van der Waals surface area contributed by atoms with Crippen molar-refractivity contribution in [1.29, 1.82) is 0 Å². The van der Waals surface area contributed by atoms with Gasteiger partial charge in [-0.25, -0.2) is 19.4 Å². The van der Waals surface area contributed by atoms with Crippen molar-refractivity contribution in [2.24, 2.45) is 0 Å². The number of hydrogen-bond donors (Lipinski definition) is 0. The Morgan fingerprint density at radius 1 is 0.867 bits per heavy atom. The molecule has 0 N–H and O–H groups in total. The molecule has 158 valence electrons. The summed E-state index contributed by atoms with van der Waals surface area (Å²) >= 11 is 0. The van der Waals surface area contributed by atoms with Gasteiger partial charge < -0.3 is 14.2 Å². The van der Waals surface area contributed by atoms with Crippen LogP contribution in [0.3, 0.4) is 0 Å². The molecule has 1 aliphatic heterocycles. The number of benzene rings is 2. The second kappa shape index (κ2) is 10.3. The van der Waals surface area contributed by atoms with E-state index in [2.05, 4.69) is 0 Å². The van der Waals surface area contributed by atoms with Crippen molar-refractivity contribution in [3.05, 3.63) is 71.8 Å². The van der Waals surface area contributed by atoms with Gasteiger partial charge in [0.15, 0.2) is 6.04 Å². The van der Waals surface area contributed by atoms with E-state index in [4.69, 9.17) is 14.2 Å². The van der Waals surface area contributed by atoms with Gasteiger partial charge in [0.1, 0.15) is 13.2 Å². The first-order chi connectivity index (χ1) is 14.6. The Morgan fingerprint density at radius 2 is 1.40 bits per heavy atom. The number of amides is 2. The summed E-state index contributed by atoms with van der Waals surface area (Å²) in [7, 11) is 1.24. The van der Waals surface area contributed by atoms with Crippen molar-refractivity contribution in [3.8, 4) is 0 Å². The lowest BCUT2D eigenvalue weighted by Crippen LogP contribution is -2.60. The molecule has 8 heteroatoms. The second-order valence-electron chi connectivity index (χ2n) is 6.73. The molecule has 1 saturated heterocycles. The topological polar surface area (TPSA) is 85.4 Å². The molecule has 0 radical (unpaired) electrons. The summed E-state index contributed by atoms with van der Waals surface area (Å²) in [5, 5.41) is 2.12. The Hall–Kier alpha value is -3.55. The van der Waals surface area contributed by atoms with E-state index in [0.29, 0.717) is 12.8 Å². The van der Waals surface area contributed by atoms with Crippen LogP contribution in [-0.4, -0.2) is 47.9 Å². The van der Waals surface area contributed by atoms with E-state index in [-0.39, 0.29) is 19.8 Å². The predicted molar refractivity (Wildman–Crippen MR) is 107 cm³/mol. The van der Waals surface area contributed by atoms with Crippen molar-refractivity contribution in [2.45, 2.75) is 32.1 Å². The normalized spacial score (nSPS) is 16.0. The molecule has 2 aromatic rings. The minimum Gasteiger partial charge on any atom is -0.467 e. The zero-order chi connectivity index (χ0) is 21.3. The third-order valence-electron chi connectivity index (χ3n) is 4.68. The summed E-state index contributed by atoms with van der Waals surface area (Å²) in [6.45, 7) is 0.282. The molecule has 0 bridgehead atoms. The van der Waals surface area contributed by atoms with Crippen LogP contribution >= 0.6 is 0 Å². The first kappa shape index (κ1) is 21.2. The number of carbonyl (C=O) groups is 3. The monoisotopic (exact) mass is 412 g/mol. The highest BCUT2D eigenvalue weighted by Crippen LogP contribution is 2.22. The number of rotatable bonds is 5. The quantitative estimate of drug-likeness (QED) is 0.552. The van der Waals surface area contributed by atoms with Gasteiger partial charge in [-0.3, -0.25) is 0 Å². The van der Waals surface area contributed by atoms with Crippen LogP contribution in [0.25, 0.3) is 0 Å². The van der Waals surface area contributed by atoms with Gasteiger partial charge in [0, 0.05) is 6.54 Å². The molecule has 2 aromatic carbocycles. The van der Waals surface area contributed by atoms with E-state index < -0.39 is 24.2 Å². The van der Waals surface area contributed by atoms with Gasteiger partial charge in [-0.1, -0.05) is 60.7 Å². The first-order valence-corrected chi connectivity index (χ1v) is 9.66. The maximum absolute atomic E-state index is 12.8. The molecule has 1 unspecified atom stereocenters. The Morgan fingerprint density at radius 3 is 1.93 bits per heavy atom. The van der Waals surface area contributed by atoms with Crippen LogP contribution in [0.15, 0.2) is 60.7 Å². The summed E-state index contributed by atoms with van der Waals surface area (Å²) < 4.78 is 15.5. The number of ether oxygens (including phenoxy) is 3. The average Bonchev–Trinajstić information content (AvgIpc) is 2.81. The lowest BCUT2D eigenvalue weighted by molar-refractivity contribution is -0.156. The Bertz CT molecular complexity index is 858. The number of hydrogen-bond acceptors (Lipinski definition) is 6. The molecule has 0 aliphatic carbocycles. The Kier molecular flexibility index (Phi) is 7.26. The van der Waals surface area contributed by atoms with E-state index in [1.807, 2.05) is 60.7 Å². The lowest BCUT2D eigenvalue weighted by Gasteiger charge is -2.40. The van der Waals surface area contributed by atoms with Crippen LogP contribution in [0, 0.1) is 0 Å². The predicted octanol–water partition coefficient (Wildman–Crippen LogP) is 3.51. The number of methoxy groups -OCH3 is 1. The molecule has 0 aromatic heterocycles. The maximum Gasteiger partial charge on any atom is 0.430 e. The SMILES string of the molecule is COC(=O)C1CCCN(C(=O)OCc2ccccc2)N1C(=O)OCc1ccccc1. The molecule has 3 rings (SSSR count). The fourth-order valence-electron chi connectivity index (χ4n) is 3.17. The number of carbonyl (C=O) groups excluding carboxylic acids is 3. The summed E-state index contributed by atoms with van der Waals surface area (Å²) in [6.07, 6.45) is -0.673. The van der Waals surface area contributed by atoms with Crippen molar-refractivity contribution < 1.29 is 28.6 Å². The number of esters is 1. The third-order valence-corrected chi connectivity index (χ3v) is 4.68. The summed E-state index contributed by atoms with van der Waals surface area (Å²) in [4.78, 5) is 37.8. The summed E-state index contributed by atoms with van der Waals surface area (Å²) in [5.74, 6) is -0.618. The first-order valence-electron chi connectivity index (χ1n) is 9.66. The molecule has 1 aliphatic rings. The lowest BCUT2D eigenvalue weighted by atomic mass is 10.1. The van der Waals surface area contributed by atoms with Crippen molar-refractivity contribution in [2.75, 3.05) is 13.7 Å². The van der Waals surface area contributed by atoms with Crippen LogP contribution in [0.4, 0.5) is 9.59 Å². The van der Waals surface area contributed by atoms with Gasteiger partial charge in [-0.2, -0.15) is 5.01 Å². The second-order valence-corrected chi connectivity index (χ2v) is 6.73. The molecular formula is C22H24N2O6. The van der Waals surface area contributed by atoms with E-state index in [1.54, 1.807) is 0 Å². The van der Waals surface area contributed by atoms with Crippen LogP contribution in [0.1, 0.15) is 24.0 Å². The molecule has 30 heavy (non-hydrogen) atoms. The fraction of sp³-hybridized carbons (Fsp3) is 0.318. The van der Waals surface area contributed by atoms with E-state index in [9.17, 15) is 14.4 Å². The molecule has 1 heterocycles. The molecule has 0 spiro atoms. The maximum atomic E-state index is 12.8. The van der Waals surface area contributed by atoms with Gasteiger partial charge in [0.2, 0.25) is 0 Å². The zero-order valence-electron chi connectivity index (χ0n) is 16.7. The van der Waals surface area contributed by atoms with E-state index in [0.717, 1.165) is 21.1 Å². The van der Waals surface area contributed by atoms with Gasteiger partial charge in [-0.15, -0.1) is 0 Å². The Labute approximate surface area is 174 Å². The van der Waals surface area contributed by atoms with Crippen molar-refractivity contribution in [3.63, 3.8) is 0 Å². The van der Waals surface area contributed by atoms with Gasteiger partial charge in [0.25, 0.3) is 0 Å². The minimum atomic E-state index is -0.962. The average molecular weight is 412 g/mol. The zero-order valence-corrected chi connectivity index (χ0v) is 16.7. The summed E-state index contributed by atoms with van der Waals surface area (Å²) in [6, 6.07) is 17.4. The molecular weight excluding hydrogens is 388 g/mol. The Balaban J connectivity index is 1.72. The molecule has 0 saturated carbocycles. The number of nitrogens with zero attached hydrogens (tertiary/aromatic N) is 2. The third kappa shape index (κ3) is 5.28. The van der Waals surface area contributed by atoms with Gasteiger partial charge in [0.05, 0.1) is 7.11 Å². The van der Waals surface area contributed by atoms with E-state index in [1.165, 1.54) is 7.11 Å². The van der Waals surface area contributed by atoms with Crippen molar-refractivity contribution >= 4 is 18.2 Å². The number of hydrazine groups is 1. The van der Waals surface area contributed by atoms with Crippen LogP contribution in [0.5, 0.6) is 0 Å². The smallest absolute Gasteiger partial charge is 0.430 e. The van der Waals surface area contributed by atoms with Gasteiger partial charge >= 0.3 is 18.2 Å². The molecule has 2 amide bonds. The molecule has 1 fully saturated rings.